The van der Waals surface area contributed by atoms with Crippen molar-refractivity contribution in [3.05, 3.63) is 35.4 Å². The minimum Gasteiger partial charge on any atom is -0.352 e. The molecule has 1 saturated heterocycles. The molecule has 5 nitrogen and oxygen atoms in total. The highest BCUT2D eigenvalue weighted by atomic mass is 35.5. The van der Waals surface area contributed by atoms with E-state index in [0.717, 1.165) is 25.9 Å². The Kier molecular flexibility index (Phi) is 7.90. The SMILES string of the molecule is CNCC1CCCN1C(=O)c1ccc(C(=O)NCC(C)(C)C)cc1.Cl. The second-order valence-electron chi connectivity index (χ2n) is 7.67. The van der Waals surface area contributed by atoms with E-state index in [1.54, 1.807) is 24.3 Å². The van der Waals surface area contributed by atoms with Gasteiger partial charge in [-0.2, -0.15) is 0 Å². The summed E-state index contributed by atoms with van der Waals surface area (Å²) in [5.74, 6) is -0.0486. The first-order chi connectivity index (χ1) is 11.3. The molecule has 0 bridgehead atoms. The molecule has 1 aromatic rings. The van der Waals surface area contributed by atoms with Gasteiger partial charge in [0.1, 0.15) is 0 Å². The van der Waals surface area contributed by atoms with E-state index in [2.05, 4.69) is 31.4 Å². The lowest BCUT2D eigenvalue weighted by Gasteiger charge is -2.24. The number of hydrogen-bond donors (Lipinski definition) is 2. The Hall–Kier alpha value is -1.59. The summed E-state index contributed by atoms with van der Waals surface area (Å²) >= 11 is 0. The zero-order valence-electron chi connectivity index (χ0n) is 15.6. The first kappa shape index (κ1) is 21.5. The number of likely N-dealkylation sites (tertiary alicyclic amines) is 1. The topological polar surface area (TPSA) is 61.4 Å². The second-order valence-corrected chi connectivity index (χ2v) is 7.67. The van der Waals surface area contributed by atoms with Crippen molar-refractivity contribution in [1.29, 1.82) is 0 Å². The largest absolute Gasteiger partial charge is 0.352 e. The highest BCUT2D eigenvalue weighted by molar-refractivity contribution is 5.98. The fourth-order valence-corrected chi connectivity index (χ4v) is 2.93. The van der Waals surface area contributed by atoms with Gasteiger partial charge in [-0.1, -0.05) is 20.8 Å². The van der Waals surface area contributed by atoms with Gasteiger partial charge in [-0.25, -0.2) is 0 Å². The Balaban J connectivity index is 0.00000312. The van der Waals surface area contributed by atoms with Crippen LogP contribution in [0.2, 0.25) is 0 Å². The van der Waals surface area contributed by atoms with E-state index in [1.165, 1.54) is 0 Å². The predicted octanol–water partition coefficient (Wildman–Crippen LogP) is 2.71. The number of carbonyl (C=O) groups is 2. The standard InChI is InChI=1S/C19H29N3O2.ClH/c1-19(2,3)13-21-17(23)14-7-9-15(10-8-14)18(24)22-11-5-6-16(22)12-20-4;/h7-10,16,20H,5-6,11-13H2,1-4H3,(H,21,23);1H. The van der Waals surface area contributed by atoms with Crippen LogP contribution in [0.1, 0.15) is 54.3 Å². The van der Waals surface area contributed by atoms with Crippen molar-refractivity contribution in [2.45, 2.75) is 39.7 Å². The lowest BCUT2D eigenvalue weighted by atomic mass is 9.97. The van der Waals surface area contributed by atoms with Crippen LogP contribution in [0.15, 0.2) is 24.3 Å². The first-order valence-corrected chi connectivity index (χ1v) is 8.65. The summed E-state index contributed by atoms with van der Waals surface area (Å²) in [4.78, 5) is 26.8. The molecule has 2 rings (SSSR count). The minimum atomic E-state index is -0.0989. The maximum atomic E-state index is 12.7. The van der Waals surface area contributed by atoms with Crippen molar-refractivity contribution in [1.82, 2.24) is 15.5 Å². The van der Waals surface area contributed by atoms with Crippen molar-refractivity contribution in [2.24, 2.45) is 5.41 Å². The molecule has 2 amide bonds. The molecule has 0 aromatic heterocycles. The van der Waals surface area contributed by atoms with Crippen molar-refractivity contribution < 1.29 is 9.59 Å². The van der Waals surface area contributed by atoms with Crippen molar-refractivity contribution in [3.8, 4) is 0 Å². The summed E-state index contributed by atoms with van der Waals surface area (Å²) < 4.78 is 0. The number of amides is 2. The van der Waals surface area contributed by atoms with E-state index in [-0.39, 0.29) is 35.7 Å². The summed E-state index contributed by atoms with van der Waals surface area (Å²) in [5, 5.41) is 6.07. The molecule has 0 spiro atoms. The summed E-state index contributed by atoms with van der Waals surface area (Å²) in [7, 11) is 1.91. The Labute approximate surface area is 157 Å². The summed E-state index contributed by atoms with van der Waals surface area (Å²) in [5.41, 5.74) is 1.28. The van der Waals surface area contributed by atoms with Crippen LogP contribution in [0.3, 0.4) is 0 Å². The van der Waals surface area contributed by atoms with E-state index in [0.29, 0.717) is 17.7 Å². The van der Waals surface area contributed by atoms with Crippen molar-refractivity contribution in [3.63, 3.8) is 0 Å². The van der Waals surface area contributed by atoms with Crippen LogP contribution in [0.5, 0.6) is 0 Å². The van der Waals surface area contributed by atoms with Crippen LogP contribution >= 0.6 is 12.4 Å². The lowest BCUT2D eigenvalue weighted by molar-refractivity contribution is 0.0736. The molecule has 1 heterocycles. The maximum absolute atomic E-state index is 12.7. The summed E-state index contributed by atoms with van der Waals surface area (Å²) in [6, 6.07) is 7.23. The average molecular weight is 368 g/mol. The molecule has 1 atom stereocenters. The van der Waals surface area contributed by atoms with E-state index in [9.17, 15) is 9.59 Å². The first-order valence-electron chi connectivity index (χ1n) is 8.65. The number of rotatable bonds is 5. The minimum absolute atomic E-state index is 0. The van der Waals surface area contributed by atoms with Gasteiger partial charge < -0.3 is 15.5 Å². The molecule has 1 fully saturated rings. The normalized spacial score (nSPS) is 17.1. The highest BCUT2D eigenvalue weighted by Gasteiger charge is 2.28. The molecular weight excluding hydrogens is 338 g/mol. The van der Waals surface area contributed by atoms with Crippen LogP contribution < -0.4 is 10.6 Å². The quantitative estimate of drug-likeness (QED) is 0.841. The van der Waals surface area contributed by atoms with E-state index < -0.39 is 0 Å². The fraction of sp³-hybridized carbons (Fsp3) is 0.579. The molecule has 1 aliphatic rings. The molecule has 1 aliphatic heterocycles. The van der Waals surface area contributed by atoms with Crippen LogP contribution in [0.4, 0.5) is 0 Å². The molecule has 25 heavy (non-hydrogen) atoms. The smallest absolute Gasteiger partial charge is 0.254 e. The van der Waals surface area contributed by atoms with Crippen molar-refractivity contribution >= 4 is 24.2 Å². The third kappa shape index (κ3) is 6.01. The molecule has 0 radical (unpaired) electrons. The summed E-state index contributed by atoms with van der Waals surface area (Å²) in [6.07, 6.45) is 2.09. The Bertz CT molecular complexity index is 581. The van der Waals surface area contributed by atoms with Gasteiger partial charge >= 0.3 is 0 Å². The third-order valence-electron chi connectivity index (χ3n) is 4.25. The number of likely N-dealkylation sites (N-methyl/N-ethyl adjacent to an activating group) is 1. The number of hydrogen-bond acceptors (Lipinski definition) is 3. The molecular formula is C19H30ClN3O2. The number of halogens is 1. The molecule has 0 saturated carbocycles. The van der Waals surface area contributed by atoms with Gasteiger partial charge in [-0.15, -0.1) is 12.4 Å². The monoisotopic (exact) mass is 367 g/mol. The van der Waals surface area contributed by atoms with Gasteiger partial charge in [0.2, 0.25) is 0 Å². The molecule has 140 valence electrons. The van der Waals surface area contributed by atoms with Crippen LogP contribution in [0.25, 0.3) is 0 Å². The third-order valence-corrected chi connectivity index (χ3v) is 4.25. The van der Waals surface area contributed by atoms with Crippen LogP contribution in [0, 0.1) is 5.41 Å². The van der Waals surface area contributed by atoms with Gasteiger partial charge in [0.25, 0.3) is 11.8 Å². The van der Waals surface area contributed by atoms with E-state index in [1.807, 2.05) is 11.9 Å². The van der Waals surface area contributed by atoms with Gasteiger partial charge in [0.15, 0.2) is 0 Å². The van der Waals surface area contributed by atoms with Crippen molar-refractivity contribution in [2.75, 3.05) is 26.7 Å². The van der Waals surface area contributed by atoms with Crippen LogP contribution in [-0.2, 0) is 0 Å². The predicted molar refractivity (Wildman–Crippen MR) is 103 cm³/mol. The Morgan fingerprint density at radius 1 is 1.16 bits per heavy atom. The molecule has 0 aliphatic carbocycles. The Morgan fingerprint density at radius 2 is 1.76 bits per heavy atom. The average Bonchev–Trinajstić information content (AvgIpc) is 3.00. The lowest BCUT2D eigenvalue weighted by Crippen LogP contribution is -2.40. The number of nitrogens with one attached hydrogen (secondary N) is 2. The maximum Gasteiger partial charge on any atom is 0.254 e. The number of carbonyl (C=O) groups excluding carboxylic acids is 2. The zero-order chi connectivity index (χ0) is 17.7. The van der Waals surface area contributed by atoms with Crippen LogP contribution in [-0.4, -0.2) is 49.4 Å². The molecule has 1 aromatic carbocycles. The highest BCUT2D eigenvalue weighted by Crippen LogP contribution is 2.20. The van der Waals surface area contributed by atoms with Gasteiger partial charge in [-0.05, 0) is 49.6 Å². The second kappa shape index (κ2) is 9.20. The fourth-order valence-electron chi connectivity index (χ4n) is 2.93. The summed E-state index contributed by atoms with van der Waals surface area (Å²) in [6.45, 7) is 8.47. The van der Waals surface area contributed by atoms with Gasteiger partial charge in [0, 0.05) is 36.8 Å². The zero-order valence-corrected chi connectivity index (χ0v) is 16.4. The number of nitrogens with zero attached hydrogens (tertiary/aromatic N) is 1. The van der Waals surface area contributed by atoms with Gasteiger partial charge in [0.05, 0.1) is 0 Å². The molecule has 1 unspecified atom stereocenters. The Morgan fingerprint density at radius 3 is 2.32 bits per heavy atom. The number of benzene rings is 1. The van der Waals surface area contributed by atoms with Gasteiger partial charge in [-0.3, -0.25) is 9.59 Å². The van der Waals surface area contributed by atoms with E-state index >= 15 is 0 Å². The molecule has 2 N–H and O–H groups in total. The molecule has 6 heteroatoms. The van der Waals surface area contributed by atoms with E-state index in [4.69, 9.17) is 0 Å².